The molecule has 1 aromatic carbocycles. The first-order valence-electron chi connectivity index (χ1n) is 6.37. The van der Waals surface area contributed by atoms with Gasteiger partial charge in [-0.25, -0.2) is 4.79 Å². The molecule has 0 radical (unpaired) electrons. The number of nitro benzene ring substituents is 1. The molecular weight excluding hydrogens is 260 g/mol. The van der Waals surface area contributed by atoms with Crippen LogP contribution in [0, 0.1) is 16.0 Å². The van der Waals surface area contributed by atoms with Gasteiger partial charge in [0.1, 0.15) is 0 Å². The van der Waals surface area contributed by atoms with Gasteiger partial charge in [0.15, 0.2) is 0 Å². The number of nitrogens with zero attached hydrogens (tertiary/aromatic N) is 2. The molecule has 0 fully saturated rings. The summed E-state index contributed by atoms with van der Waals surface area (Å²) in [7, 11) is 1.54. The van der Waals surface area contributed by atoms with Crippen molar-refractivity contribution in [3.8, 4) is 0 Å². The summed E-state index contributed by atoms with van der Waals surface area (Å²) in [6, 6.07) is 4.85. The number of rotatable bonds is 3. The average molecular weight is 276 g/mol. The topological polar surface area (TPSA) is 83.7 Å². The highest BCUT2D eigenvalue weighted by atomic mass is 16.6. The fourth-order valence-corrected chi connectivity index (χ4v) is 2.34. The van der Waals surface area contributed by atoms with E-state index in [2.05, 4.69) is 0 Å². The minimum absolute atomic E-state index is 0.0782. The van der Waals surface area contributed by atoms with Gasteiger partial charge in [-0.15, -0.1) is 0 Å². The van der Waals surface area contributed by atoms with E-state index < -0.39 is 11.0 Å². The Hall–Kier alpha value is -2.37. The Morgan fingerprint density at radius 1 is 1.55 bits per heavy atom. The zero-order valence-corrected chi connectivity index (χ0v) is 11.2. The van der Waals surface area contributed by atoms with Crippen molar-refractivity contribution in [1.29, 1.82) is 0 Å². The van der Waals surface area contributed by atoms with Gasteiger partial charge in [0.05, 0.1) is 4.92 Å². The van der Waals surface area contributed by atoms with Crippen LogP contribution in [0.1, 0.15) is 17.5 Å². The number of amides is 1. The summed E-state index contributed by atoms with van der Waals surface area (Å²) in [5, 5.41) is 19.6. The van der Waals surface area contributed by atoms with Crippen molar-refractivity contribution in [3.63, 3.8) is 0 Å². The summed E-state index contributed by atoms with van der Waals surface area (Å²) in [4.78, 5) is 22.4. The maximum absolute atomic E-state index is 10.8. The molecule has 1 atom stereocenters. The predicted octanol–water partition coefficient (Wildman–Crippen LogP) is 2.78. The lowest BCUT2D eigenvalue weighted by Crippen LogP contribution is -2.29. The first-order chi connectivity index (χ1) is 9.47. The van der Waals surface area contributed by atoms with Crippen LogP contribution >= 0.6 is 0 Å². The molecule has 1 aromatic rings. The van der Waals surface area contributed by atoms with Crippen LogP contribution in [-0.2, 0) is 6.42 Å². The van der Waals surface area contributed by atoms with Gasteiger partial charge in [0.2, 0.25) is 0 Å². The molecular formula is C14H16N2O4. The molecule has 2 rings (SSSR count). The second-order valence-electron chi connectivity index (χ2n) is 4.96. The second-order valence-corrected chi connectivity index (χ2v) is 4.96. The van der Waals surface area contributed by atoms with Gasteiger partial charge in [-0.1, -0.05) is 18.2 Å². The molecule has 0 aliphatic heterocycles. The number of benzene rings is 1. The van der Waals surface area contributed by atoms with E-state index in [1.165, 1.54) is 11.0 Å². The summed E-state index contributed by atoms with van der Waals surface area (Å²) in [5.74, 6) is 0.127. The van der Waals surface area contributed by atoms with Crippen LogP contribution in [0.15, 0.2) is 24.3 Å². The van der Waals surface area contributed by atoms with Gasteiger partial charge in [-0.3, -0.25) is 10.1 Å². The average Bonchev–Trinajstić information content (AvgIpc) is 2.60. The summed E-state index contributed by atoms with van der Waals surface area (Å²) >= 11 is 0. The smallest absolute Gasteiger partial charge is 0.407 e. The molecule has 6 heteroatoms. The van der Waals surface area contributed by atoms with Gasteiger partial charge in [0.25, 0.3) is 5.69 Å². The van der Waals surface area contributed by atoms with Crippen molar-refractivity contribution in [3.05, 3.63) is 45.5 Å². The molecule has 1 N–H and O–H groups in total. The molecule has 0 saturated heterocycles. The lowest BCUT2D eigenvalue weighted by Gasteiger charge is -2.18. The lowest BCUT2D eigenvalue weighted by molar-refractivity contribution is -0.384. The summed E-state index contributed by atoms with van der Waals surface area (Å²) in [5.41, 5.74) is 1.99. The number of hydrogen-bond acceptors (Lipinski definition) is 3. The van der Waals surface area contributed by atoms with Gasteiger partial charge in [-0.2, -0.15) is 0 Å². The highest BCUT2D eigenvalue weighted by molar-refractivity contribution is 5.64. The molecule has 0 spiro atoms. The number of aryl methyl sites for hydroxylation is 1. The lowest BCUT2D eigenvalue weighted by atomic mass is 10.0. The van der Waals surface area contributed by atoms with E-state index in [4.69, 9.17) is 5.11 Å². The Labute approximate surface area is 116 Å². The number of carboxylic acid groups (broad SMARTS) is 1. The van der Waals surface area contributed by atoms with E-state index in [1.807, 2.05) is 12.2 Å². The van der Waals surface area contributed by atoms with Crippen molar-refractivity contribution in [2.75, 3.05) is 13.6 Å². The Morgan fingerprint density at radius 2 is 2.30 bits per heavy atom. The fraction of sp³-hybridized carbons (Fsp3) is 0.357. The molecule has 1 amide bonds. The molecule has 0 heterocycles. The van der Waals surface area contributed by atoms with Crippen LogP contribution in [0.5, 0.6) is 0 Å². The molecule has 0 aromatic heterocycles. The van der Waals surface area contributed by atoms with E-state index in [-0.39, 0.29) is 11.6 Å². The van der Waals surface area contributed by atoms with Gasteiger partial charge in [0, 0.05) is 25.7 Å². The van der Waals surface area contributed by atoms with E-state index in [0.29, 0.717) is 6.54 Å². The van der Waals surface area contributed by atoms with Crippen LogP contribution in [0.3, 0.4) is 0 Å². The van der Waals surface area contributed by atoms with Gasteiger partial charge >= 0.3 is 6.09 Å². The van der Waals surface area contributed by atoms with Crippen molar-refractivity contribution < 1.29 is 14.8 Å². The number of nitro groups is 1. The summed E-state index contributed by atoms with van der Waals surface area (Å²) < 4.78 is 0. The molecule has 0 saturated carbocycles. The van der Waals surface area contributed by atoms with Crippen LogP contribution in [-0.4, -0.2) is 34.6 Å². The quantitative estimate of drug-likeness (QED) is 0.679. The molecule has 106 valence electrons. The number of hydrogen-bond donors (Lipinski definition) is 1. The number of carbonyl (C=O) groups is 1. The van der Waals surface area contributed by atoms with E-state index in [9.17, 15) is 14.9 Å². The fourth-order valence-electron chi connectivity index (χ4n) is 2.34. The third-order valence-corrected chi connectivity index (χ3v) is 3.51. The Morgan fingerprint density at radius 3 is 2.95 bits per heavy atom. The van der Waals surface area contributed by atoms with Crippen LogP contribution < -0.4 is 0 Å². The molecule has 1 aliphatic carbocycles. The SMILES string of the molecule is CN(CC1C=Cc2cc([N+](=O)[O-])ccc2CC1)C(=O)O. The zero-order valence-electron chi connectivity index (χ0n) is 11.2. The predicted molar refractivity (Wildman–Crippen MR) is 74.6 cm³/mol. The van der Waals surface area contributed by atoms with Gasteiger partial charge < -0.3 is 10.0 Å². The minimum Gasteiger partial charge on any atom is -0.465 e. The number of fused-ring (bicyclic) bond motifs is 1. The normalized spacial score (nSPS) is 17.1. The van der Waals surface area contributed by atoms with Gasteiger partial charge in [-0.05, 0) is 29.9 Å². The monoisotopic (exact) mass is 276 g/mol. The van der Waals surface area contributed by atoms with E-state index in [1.54, 1.807) is 19.2 Å². The standard InChI is InChI=1S/C14H16N2O4/c1-15(14(17)18)9-10-2-4-11-6-7-13(16(19)20)8-12(11)5-3-10/h3,5-8,10H,2,4,9H2,1H3,(H,17,18). The minimum atomic E-state index is -0.948. The van der Waals surface area contributed by atoms with Crippen LogP contribution in [0.2, 0.25) is 0 Å². The third-order valence-electron chi connectivity index (χ3n) is 3.51. The molecule has 1 unspecified atom stereocenters. The van der Waals surface area contributed by atoms with Crippen LogP contribution in [0.4, 0.5) is 10.5 Å². The number of non-ortho nitro benzene ring substituents is 1. The Kier molecular flexibility index (Phi) is 4.02. The zero-order chi connectivity index (χ0) is 14.7. The Balaban J connectivity index is 2.16. The second kappa shape index (κ2) is 5.73. The molecule has 0 bridgehead atoms. The summed E-state index contributed by atoms with van der Waals surface area (Å²) in [6.07, 6.45) is 4.47. The highest BCUT2D eigenvalue weighted by Gasteiger charge is 2.17. The largest absolute Gasteiger partial charge is 0.465 e. The third kappa shape index (κ3) is 3.14. The van der Waals surface area contributed by atoms with Crippen molar-refractivity contribution >= 4 is 17.9 Å². The van der Waals surface area contributed by atoms with Crippen molar-refractivity contribution in [2.45, 2.75) is 12.8 Å². The first kappa shape index (κ1) is 14.0. The van der Waals surface area contributed by atoms with Crippen LogP contribution in [0.25, 0.3) is 6.08 Å². The molecule has 6 nitrogen and oxygen atoms in total. The molecule has 1 aliphatic rings. The van der Waals surface area contributed by atoms with E-state index >= 15 is 0 Å². The van der Waals surface area contributed by atoms with E-state index in [0.717, 1.165) is 24.0 Å². The van der Waals surface area contributed by atoms with Crippen molar-refractivity contribution in [1.82, 2.24) is 4.90 Å². The maximum atomic E-state index is 10.8. The highest BCUT2D eigenvalue weighted by Crippen LogP contribution is 2.26. The molecule has 20 heavy (non-hydrogen) atoms. The van der Waals surface area contributed by atoms with Crippen molar-refractivity contribution in [2.24, 2.45) is 5.92 Å². The first-order valence-corrected chi connectivity index (χ1v) is 6.37. The Bertz CT molecular complexity index is 568. The summed E-state index contributed by atoms with van der Waals surface area (Å²) in [6.45, 7) is 0.432. The maximum Gasteiger partial charge on any atom is 0.407 e.